The summed E-state index contributed by atoms with van der Waals surface area (Å²) in [6, 6.07) is 0. The number of nitrogens with zero attached hydrogens (tertiary/aromatic N) is 1. The van der Waals surface area contributed by atoms with E-state index in [2.05, 4.69) is 6.92 Å². The van der Waals surface area contributed by atoms with Crippen molar-refractivity contribution < 1.29 is 34.6 Å². The van der Waals surface area contributed by atoms with Gasteiger partial charge in [-0.05, 0) is 6.42 Å². The molecule has 0 aliphatic heterocycles. The van der Waals surface area contributed by atoms with Crippen LogP contribution in [-0.4, -0.2) is 65.3 Å². The molecule has 0 amide bonds. The summed E-state index contributed by atoms with van der Waals surface area (Å²) in [4.78, 5) is 29.0. The second-order valence-corrected chi connectivity index (χ2v) is 3.38. The molecule has 8 nitrogen and oxygen atoms in total. The van der Waals surface area contributed by atoms with Crippen LogP contribution in [0, 0.1) is 0 Å². The Labute approximate surface area is 112 Å². The zero-order valence-corrected chi connectivity index (χ0v) is 11.4. The smallest absolute Gasteiger partial charge is 0.371 e. The van der Waals surface area contributed by atoms with Crippen LogP contribution >= 0.6 is 0 Å². The minimum atomic E-state index is -1.38. The monoisotopic (exact) mass is 281 g/mol. The third-order valence-electron chi connectivity index (χ3n) is 1.65. The van der Waals surface area contributed by atoms with Gasteiger partial charge in [0.15, 0.2) is 0 Å². The molecule has 0 aromatic carbocycles. The Morgan fingerprint density at radius 1 is 1.11 bits per heavy atom. The van der Waals surface area contributed by atoms with Crippen molar-refractivity contribution in [1.29, 1.82) is 0 Å². The molecular formula is C11H23NO7. The summed E-state index contributed by atoms with van der Waals surface area (Å²) in [6.07, 6.45) is 2.00. The van der Waals surface area contributed by atoms with Crippen molar-refractivity contribution in [2.45, 2.75) is 26.7 Å². The van der Waals surface area contributed by atoms with Gasteiger partial charge in [0, 0.05) is 6.92 Å². The molecule has 0 radical (unpaired) electrons. The van der Waals surface area contributed by atoms with Crippen LogP contribution in [-0.2, 0) is 19.3 Å². The molecule has 0 aromatic heterocycles. The van der Waals surface area contributed by atoms with Crippen LogP contribution in [0.4, 0.5) is 0 Å². The van der Waals surface area contributed by atoms with E-state index in [1.807, 2.05) is 0 Å². The van der Waals surface area contributed by atoms with E-state index in [4.69, 9.17) is 25.0 Å². The maximum Gasteiger partial charge on any atom is 0.371 e. The summed E-state index contributed by atoms with van der Waals surface area (Å²) in [5.74, 6) is -2.20. The first-order chi connectivity index (χ1) is 8.99. The molecule has 0 saturated heterocycles. The zero-order valence-electron chi connectivity index (χ0n) is 11.4. The number of ketones is 1. The quantitative estimate of drug-likeness (QED) is 0.366. The second-order valence-electron chi connectivity index (χ2n) is 3.38. The Kier molecular flexibility index (Phi) is 16.0. The Bertz CT molecular complexity index is 204. The van der Waals surface area contributed by atoms with E-state index in [-0.39, 0.29) is 26.4 Å². The number of aliphatic hydroxyl groups excluding tert-OH is 2. The molecule has 0 rings (SSSR count). The molecule has 0 bridgehead atoms. The normalized spacial score (nSPS) is 9.95. The Balaban J connectivity index is 0. The number of rotatable bonds is 10. The van der Waals surface area contributed by atoms with Crippen LogP contribution in [0.25, 0.3) is 0 Å². The molecule has 0 aliphatic rings. The van der Waals surface area contributed by atoms with Crippen LogP contribution in [0.5, 0.6) is 0 Å². The SMILES string of the molecule is CC(=O)C(=O)O.CCCCN(OCCO)OCCO. The van der Waals surface area contributed by atoms with Crippen molar-refractivity contribution in [3.05, 3.63) is 0 Å². The summed E-state index contributed by atoms with van der Waals surface area (Å²) >= 11 is 0. The molecule has 0 aromatic rings. The summed E-state index contributed by atoms with van der Waals surface area (Å²) < 4.78 is 0. The number of carboxylic acid groups (broad SMARTS) is 1. The summed E-state index contributed by atoms with van der Waals surface area (Å²) in [7, 11) is 0. The maximum absolute atomic E-state index is 9.54. The van der Waals surface area contributed by atoms with Crippen molar-refractivity contribution in [1.82, 2.24) is 5.23 Å². The van der Waals surface area contributed by atoms with Gasteiger partial charge in [-0.15, -0.1) is 0 Å². The molecule has 0 heterocycles. The van der Waals surface area contributed by atoms with E-state index in [9.17, 15) is 9.59 Å². The maximum atomic E-state index is 9.54. The highest BCUT2D eigenvalue weighted by Crippen LogP contribution is 1.97. The third-order valence-corrected chi connectivity index (χ3v) is 1.65. The number of aliphatic carboxylic acids is 1. The zero-order chi connectivity index (χ0) is 15.1. The van der Waals surface area contributed by atoms with E-state index >= 15 is 0 Å². The van der Waals surface area contributed by atoms with Crippen LogP contribution in [0.1, 0.15) is 26.7 Å². The molecule has 3 N–H and O–H groups in total. The van der Waals surface area contributed by atoms with Gasteiger partial charge in [-0.25, -0.2) is 4.79 Å². The minimum Gasteiger partial charge on any atom is -0.476 e. The number of hydrogen-bond acceptors (Lipinski definition) is 7. The fraction of sp³-hybridized carbons (Fsp3) is 0.818. The molecule has 114 valence electrons. The molecule has 19 heavy (non-hydrogen) atoms. The largest absolute Gasteiger partial charge is 0.476 e. The number of unbranched alkanes of at least 4 members (excludes halogenated alkanes) is 1. The number of carbonyl (C=O) groups excluding carboxylic acids is 1. The number of hydrogen-bond donors (Lipinski definition) is 3. The first kappa shape index (κ1) is 20.3. The van der Waals surface area contributed by atoms with Crippen molar-refractivity contribution >= 4 is 11.8 Å². The Morgan fingerprint density at radius 3 is 1.79 bits per heavy atom. The van der Waals surface area contributed by atoms with Gasteiger partial charge in [-0.2, -0.15) is 0 Å². The van der Waals surface area contributed by atoms with Crippen LogP contribution in [0.3, 0.4) is 0 Å². The van der Waals surface area contributed by atoms with Gasteiger partial charge >= 0.3 is 5.97 Å². The standard InChI is InChI=1S/C8H19NO4.C3H4O3/c1-2-3-4-9(12-7-5-10)13-8-6-11;1-2(4)3(5)6/h10-11H,2-8H2,1H3;1H3,(H,5,6). The van der Waals surface area contributed by atoms with Crippen molar-refractivity contribution in [2.75, 3.05) is 33.0 Å². The average Bonchev–Trinajstić information content (AvgIpc) is 2.38. The minimum absolute atomic E-state index is 0.0366. The van der Waals surface area contributed by atoms with Crippen LogP contribution in [0.15, 0.2) is 0 Å². The lowest BCUT2D eigenvalue weighted by Crippen LogP contribution is -2.28. The van der Waals surface area contributed by atoms with Crippen molar-refractivity contribution in [2.24, 2.45) is 0 Å². The van der Waals surface area contributed by atoms with Gasteiger partial charge < -0.3 is 15.3 Å². The van der Waals surface area contributed by atoms with E-state index < -0.39 is 11.8 Å². The van der Waals surface area contributed by atoms with Gasteiger partial charge in [0.2, 0.25) is 5.78 Å². The first-order valence-electron chi connectivity index (χ1n) is 5.98. The lowest BCUT2D eigenvalue weighted by molar-refractivity contribution is -0.371. The molecule has 0 atom stereocenters. The lowest BCUT2D eigenvalue weighted by atomic mass is 10.3. The summed E-state index contributed by atoms with van der Waals surface area (Å²) in [5.41, 5.74) is 0. The highest BCUT2D eigenvalue weighted by molar-refractivity contribution is 6.31. The van der Waals surface area contributed by atoms with E-state index in [0.29, 0.717) is 6.54 Å². The number of Topliss-reactive ketones (excluding diaryl/α,β-unsaturated/α-hetero) is 1. The highest BCUT2D eigenvalue weighted by atomic mass is 16.9. The molecule has 0 saturated carbocycles. The molecule has 8 heteroatoms. The molecular weight excluding hydrogens is 258 g/mol. The fourth-order valence-electron chi connectivity index (χ4n) is 0.739. The number of hydroxylamine groups is 2. The average molecular weight is 281 g/mol. The van der Waals surface area contributed by atoms with Crippen molar-refractivity contribution in [3.63, 3.8) is 0 Å². The van der Waals surface area contributed by atoms with Crippen LogP contribution in [0.2, 0.25) is 0 Å². The third kappa shape index (κ3) is 16.9. The van der Waals surface area contributed by atoms with Crippen LogP contribution < -0.4 is 0 Å². The number of carboxylic acids is 1. The second kappa shape index (κ2) is 15.0. The van der Waals surface area contributed by atoms with E-state index in [1.54, 1.807) is 0 Å². The predicted molar refractivity (Wildman–Crippen MR) is 66.0 cm³/mol. The molecule has 0 spiro atoms. The lowest BCUT2D eigenvalue weighted by Gasteiger charge is -2.19. The van der Waals surface area contributed by atoms with Gasteiger partial charge in [0.1, 0.15) is 0 Å². The first-order valence-corrected chi connectivity index (χ1v) is 5.98. The number of aliphatic hydroxyl groups is 2. The van der Waals surface area contributed by atoms with E-state index in [1.165, 1.54) is 5.23 Å². The molecule has 0 fully saturated rings. The Morgan fingerprint density at radius 2 is 1.53 bits per heavy atom. The predicted octanol–water partition coefficient (Wildman–Crippen LogP) is -0.404. The highest BCUT2D eigenvalue weighted by Gasteiger charge is 2.04. The topological polar surface area (TPSA) is 117 Å². The van der Waals surface area contributed by atoms with Gasteiger partial charge in [0.05, 0.1) is 33.0 Å². The molecule has 0 unspecified atom stereocenters. The fourth-order valence-corrected chi connectivity index (χ4v) is 0.739. The molecule has 0 aliphatic carbocycles. The van der Waals surface area contributed by atoms with Gasteiger partial charge in [-0.1, -0.05) is 18.6 Å². The van der Waals surface area contributed by atoms with Gasteiger partial charge in [-0.3, -0.25) is 14.5 Å². The summed E-state index contributed by atoms with van der Waals surface area (Å²) in [6.45, 7) is 4.08. The van der Waals surface area contributed by atoms with Gasteiger partial charge in [0.25, 0.3) is 0 Å². The number of carbonyl (C=O) groups is 2. The van der Waals surface area contributed by atoms with E-state index in [0.717, 1.165) is 19.8 Å². The summed E-state index contributed by atoms with van der Waals surface area (Å²) in [5, 5.41) is 26.0. The Hall–Kier alpha value is -1.06. The van der Waals surface area contributed by atoms with Crippen molar-refractivity contribution in [3.8, 4) is 0 Å².